The van der Waals surface area contributed by atoms with Crippen molar-refractivity contribution in [1.29, 1.82) is 0 Å². The average molecular weight is 190 g/mol. The van der Waals surface area contributed by atoms with Crippen LogP contribution < -0.4 is 0 Å². The summed E-state index contributed by atoms with van der Waals surface area (Å²) in [4.78, 5) is 10.8. The van der Waals surface area contributed by atoms with Crippen molar-refractivity contribution in [1.82, 2.24) is 0 Å². The van der Waals surface area contributed by atoms with E-state index < -0.39 is 5.97 Å². The normalized spacial score (nSPS) is 29.9. The quantitative estimate of drug-likeness (QED) is 0.793. The van der Waals surface area contributed by atoms with E-state index in [0.717, 1.165) is 6.42 Å². The van der Waals surface area contributed by atoms with Crippen molar-refractivity contribution in [3.05, 3.63) is 35.9 Å². The zero-order valence-corrected chi connectivity index (χ0v) is 8.18. The van der Waals surface area contributed by atoms with Crippen molar-refractivity contribution in [3.63, 3.8) is 0 Å². The molecule has 1 aromatic carbocycles. The molecule has 1 unspecified atom stereocenters. The first-order valence-corrected chi connectivity index (χ1v) is 4.97. The van der Waals surface area contributed by atoms with E-state index in [2.05, 4.69) is 12.1 Å². The maximum Gasteiger partial charge on any atom is 0.307 e. The molecule has 1 fully saturated rings. The monoisotopic (exact) mass is 190 g/mol. The van der Waals surface area contributed by atoms with Crippen LogP contribution in [-0.2, 0) is 11.2 Å². The number of hydrogen-bond donors (Lipinski definition) is 1. The van der Waals surface area contributed by atoms with Gasteiger partial charge in [-0.05, 0) is 23.8 Å². The van der Waals surface area contributed by atoms with E-state index >= 15 is 0 Å². The Labute approximate surface area is 83.6 Å². The molecule has 3 atom stereocenters. The highest BCUT2D eigenvalue weighted by molar-refractivity contribution is 5.74. The van der Waals surface area contributed by atoms with Crippen LogP contribution in [0.5, 0.6) is 0 Å². The fraction of sp³-hybridized carbons (Fsp3) is 0.417. The van der Waals surface area contributed by atoms with Gasteiger partial charge in [-0.25, -0.2) is 0 Å². The molecular formula is C12H14O2. The molecule has 0 bridgehead atoms. The van der Waals surface area contributed by atoms with E-state index in [1.165, 1.54) is 5.56 Å². The van der Waals surface area contributed by atoms with E-state index in [1.54, 1.807) is 0 Å². The minimum absolute atomic E-state index is 0.116. The number of hydrogen-bond acceptors (Lipinski definition) is 1. The van der Waals surface area contributed by atoms with Crippen molar-refractivity contribution >= 4 is 5.97 Å². The lowest BCUT2D eigenvalue weighted by molar-refractivity contribution is -0.139. The van der Waals surface area contributed by atoms with Crippen LogP contribution in [0.3, 0.4) is 0 Å². The Morgan fingerprint density at radius 3 is 2.50 bits per heavy atom. The third-order valence-electron chi connectivity index (χ3n) is 3.16. The molecule has 0 aromatic heterocycles. The van der Waals surface area contributed by atoms with E-state index in [4.69, 9.17) is 5.11 Å². The summed E-state index contributed by atoms with van der Waals surface area (Å²) in [6, 6.07) is 10.1. The van der Waals surface area contributed by atoms with Gasteiger partial charge in [-0.1, -0.05) is 37.3 Å². The van der Waals surface area contributed by atoms with Gasteiger partial charge >= 0.3 is 5.97 Å². The topological polar surface area (TPSA) is 37.3 Å². The van der Waals surface area contributed by atoms with Gasteiger partial charge in [0.2, 0.25) is 0 Å². The van der Waals surface area contributed by atoms with Crippen molar-refractivity contribution in [2.45, 2.75) is 13.3 Å². The molecule has 14 heavy (non-hydrogen) atoms. The van der Waals surface area contributed by atoms with E-state index in [9.17, 15) is 4.79 Å². The van der Waals surface area contributed by atoms with Gasteiger partial charge in [0, 0.05) is 0 Å². The molecule has 0 radical (unpaired) electrons. The molecule has 1 aliphatic carbocycles. The lowest BCUT2D eigenvalue weighted by Gasteiger charge is -1.98. The first-order chi connectivity index (χ1) is 6.70. The Kier molecular flexibility index (Phi) is 2.28. The van der Waals surface area contributed by atoms with Crippen LogP contribution in [0.25, 0.3) is 0 Å². The maximum atomic E-state index is 10.8. The summed E-state index contributed by atoms with van der Waals surface area (Å²) in [7, 11) is 0. The highest BCUT2D eigenvalue weighted by Crippen LogP contribution is 2.47. The number of carbonyl (C=O) groups is 1. The van der Waals surface area contributed by atoms with Gasteiger partial charge in [-0.15, -0.1) is 0 Å². The molecule has 2 nitrogen and oxygen atoms in total. The Morgan fingerprint density at radius 1 is 1.36 bits per heavy atom. The van der Waals surface area contributed by atoms with Crippen LogP contribution >= 0.6 is 0 Å². The van der Waals surface area contributed by atoms with Crippen molar-refractivity contribution < 1.29 is 9.90 Å². The molecule has 0 saturated heterocycles. The van der Waals surface area contributed by atoms with Gasteiger partial charge in [0.05, 0.1) is 5.92 Å². The average Bonchev–Trinajstić information content (AvgIpc) is 2.78. The third-order valence-corrected chi connectivity index (χ3v) is 3.16. The molecule has 74 valence electrons. The molecule has 1 aromatic rings. The number of rotatable bonds is 3. The minimum atomic E-state index is -0.640. The summed E-state index contributed by atoms with van der Waals surface area (Å²) in [5.41, 5.74) is 1.24. The number of carboxylic acids is 1. The number of aliphatic carboxylic acids is 1. The van der Waals surface area contributed by atoms with Gasteiger partial charge in [0.15, 0.2) is 0 Å². The zero-order valence-electron chi connectivity index (χ0n) is 8.18. The summed E-state index contributed by atoms with van der Waals surface area (Å²) in [6.45, 7) is 2.02. The lowest BCUT2D eigenvalue weighted by atomic mass is 10.1. The second-order valence-corrected chi connectivity index (χ2v) is 4.08. The predicted octanol–water partition coefficient (Wildman–Crippen LogP) is 2.20. The Morgan fingerprint density at radius 2 is 2.00 bits per heavy atom. The summed E-state index contributed by atoms with van der Waals surface area (Å²) in [5.74, 6) is -0.0729. The standard InChI is InChI=1S/C12H14O2/c1-8-10(11(8)12(13)14)7-9-5-3-2-4-6-9/h2-6,8,10-11H,7H2,1H3,(H,13,14)/t8-,10?,11+/m1/s1. The second kappa shape index (κ2) is 3.45. The Hall–Kier alpha value is -1.31. The molecule has 1 N–H and O–H groups in total. The third kappa shape index (κ3) is 1.65. The summed E-state index contributed by atoms with van der Waals surface area (Å²) in [5, 5.41) is 8.87. The van der Waals surface area contributed by atoms with Crippen LogP contribution in [0.4, 0.5) is 0 Å². The molecule has 0 spiro atoms. The molecular weight excluding hydrogens is 176 g/mol. The minimum Gasteiger partial charge on any atom is -0.481 e. The van der Waals surface area contributed by atoms with Gasteiger partial charge in [-0.3, -0.25) is 4.79 Å². The molecule has 0 aliphatic heterocycles. The largest absolute Gasteiger partial charge is 0.481 e. The van der Waals surface area contributed by atoms with Gasteiger partial charge in [0.25, 0.3) is 0 Å². The zero-order chi connectivity index (χ0) is 10.1. The van der Waals surface area contributed by atoms with Crippen LogP contribution in [-0.4, -0.2) is 11.1 Å². The summed E-state index contributed by atoms with van der Waals surface area (Å²) in [6.07, 6.45) is 0.902. The van der Waals surface area contributed by atoms with Crippen molar-refractivity contribution in [3.8, 4) is 0 Å². The van der Waals surface area contributed by atoms with Gasteiger partial charge < -0.3 is 5.11 Å². The number of carboxylic acid groups (broad SMARTS) is 1. The van der Waals surface area contributed by atoms with Gasteiger partial charge in [0.1, 0.15) is 0 Å². The molecule has 2 heteroatoms. The molecule has 1 aliphatic rings. The smallest absolute Gasteiger partial charge is 0.307 e. The fourth-order valence-corrected chi connectivity index (χ4v) is 2.15. The number of benzene rings is 1. The van der Waals surface area contributed by atoms with Crippen LogP contribution in [0, 0.1) is 17.8 Å². The first-order valence-electron chi connectivity index (χ1n) is 4.97. The Bertz CT molecular complexity index is 331. The van der Waals surface area contributed by atoms with E-state index in [0.29, 0.717) is 11.8 Å². The molecule has 0 heterocycles. The SMILES string of the molecule is C[C@@H]1C(Cc2ccccc2)[C@H]1C(=O)O. The predicted molar refractivity (Wildman–Crippen MR) is 53.9 cm³/mol. The van der Waals surface area contributed by atoms with Crippen molar-refractivity contribution in [2.24, 2.45) is 17.8 Å². The van der Waals surface area contributed by atoms with Crippen molar-refractivity contribution in [2.75, 3.05) is 0 Å². The fourth-order valence-electron chi connectivity index (χ4n) is 2.15. The Balaban J connectivity index is 1.98. The highest BCUT2D eigenvalue weighted by atomic mass is 16.4. The molecule has 0 amide bonds. The lowest BCUT2D eigenvalue weighted by Crippen LogP contribution is -2.01. The maximum absolute atomic E-state index is 10.8. The van der Waals surface area contributed by atoms with E-state index in [1.807, 2.05) is 25.1 Å². The van der Waals surface area contributed by atoms with Gasteiger partial charge in [-0.2, -0.15) is 0 Å². The molecule has 2 rings (SSSR count). The van der Waals surface area contributed by atoms with Crippen LogP contribution in [0.2, 0.25) is 0 Å². The van der Waals surface area contributed by atoms with Crippen LogP contribution in [0.15, 0.2) is 30.3 Å². The molecule has 1 saturated carbocycles. The van der Waals surface area contributed by atoms with Crippen LogP contribution in [0.1, 0.15) is 12.5 Å². The second-order valence-electron chi connectivity index (χ2n) is 4.08. The van der Waals surface area contributed by atoms with E-state index in [-0.39, 0.29) is 5.92 Å². The first kappa shape index (κ1) is 9.25. The summed E-state index contributed by atoms with van der Waals surface area (Å²) < 4.78 is 0. The highest BCUT2D eigenvalue weighted by Gasteiger charge is 2.51. The summed E-state index contributed by atoms with van der Waals surface area (Å²) >= 11 is 0.